The number of nitrogens with zero attached hydrogens (tertiary/aromatic N) is 1. The van der Waals surface area contributed by atoms with Crippen LogP contribution >= 0.6 is 0 Å². The lowest BCUT2D eigenvalue weighted by molar-refractivity contribution is -0.142. The highest BCUT2D eigenvalue weighted by Gasteiger charge is 2.38. The zero-order valence-corrected chi connectivity index (χ0v) is 19.6. The molecule has 3 unspecified atom stereocenters. The van der Waals surface area contributed by atoms with Crippen molar-refractivity contribution in [3.8, 4) is 11.5 Å². The van der Waals surface area contributed by atoms with Crippen molar-refractivity contribution in [2.24, 2.45) is 5.73 Å². The van der Waals surface area contributed by atoms with Crippen LogP contribution in [0.15, 0.2) is 48.5 Å². The van der Waals surface area contributed by atoms with Gasteiger partial charge >= 0.3 is 5.97 Å². The van der Waals surface area contributed by atoms with E-state index in [4.69, 9.17) is 10.8 Å². The van der Waals surface area contributed by atoms with Gasteiger partial charge in [-0.3, -0.25) is 19.2 Å². The summed E-state index contributed by atoms with van der Waals surface area (Å²) in [7, 11) is 0. The summed E-state index contributed by atoms with van der Waals surface area (Å²) in [6.45, 7) is -0.275. The summed E-state index contributed by atoms with van der Waals surface area (Å²) in [4.78, 5) is 51.2. The summed E-state index contributed by atoms with van der Waals surface area (Å²) < 4.78 is 0. The molecule has 1 saturated heterocycles. The molecule has 0 saturated carbocycles. The number of likely N-dealkylation sites (tertiary alicyclic amines) is 1. The molecule has 3 amide bonds. The number of carbonyl (C=O) groups is 4. The predicted molar refractivity (Wildman–Crippen MR) is 129 cm³/mol. The second-order valence-corrected chi connectivity index (χ2v) is 8.71. The lowest BCUT2D eigenvalue weighted by Crippen LogP contribution is -2.56. The molecule has 0 radical (unpaired) electrons. The van der Waals surface area contributed by atoms with Crippen LogP contribution in [0.5, 0.6) is 11.5 Å². The SMILES string of the molecule is NC(Cc1ccc(O)cc1)C(=O)NC(Cc1ccc(O)cc1)C(=O)N1CCCC1C(=O)NCC(=O)O. The average molecular weight is 499 g/mol. The molecule has 1 aliphatic rings. The first kappa shape index (κ1) is 26.5. The lowest BCUT2D eigenvalue weighted by atomic mass is 10.0. The highest BCUT2D eigenvalue weighted by Crippen LogP contribution is 2.20. The van der Waals surface area contributed by atoms with E-state index >= 15 is 0 Å². The van der Waals surface area contributed by atoms with Crippen LogP contribution in [0.1, 0.15) is 24.0 Å². The minimum absolute atomic E-state index is 0.0521. The Balaban J connectivity index is 1.75. The normalized spacial score (nSPS) is 16.7. The van der Waals surface area contributed by atoms with Crippen LogP contribution in [0.2, 0.25) is 0 Å². The molecule has 7 N–H and O–H groups in total. The maximum atomic E-state index is 13.5. The minimum atomic E-state index is -1.20. The number of carboxylic acid groups (broad SMARTS) is 1. The fourth-order valence-electron chi connectivity index (χ4n) is 4.11. The van der Waals surface area contributed by atoms with Gasteiger partial charge in [0.2, 0.25) is 17.7 Å². The molecule has 3 rings (SSSR count). The molecule has 2 aromatic carbocycles. The summed E-state index contributed by atoms with van der Waals surface area (Å²) in [5.74, 6) is -2.67. The number of aliphatic carboxylic acids is 1. The van der Waals surface area contributed by atoms with E-state index in [1.807, 2.05) is 0 Å². The van der Waals surface area contributed by atoms with Crippen LogP contribution in [0.3, 0.4) is 0 Å². The van der Waals surface area contributed by atoms with Gasteiger partial charge in [-0.25, -0.2) is 0 Å². The van der Waals surface area contributed by atoms with Crippen LogP contribution in [0, 0.1) is 0 Å². The Bertz CT molecular complexity index is 1090. The molecule has 2 aromatic rings. The van der Waals surface area contributed by atoms with Gasteiger partial charge in [0, 0.05) is 13.0 Å². The largest absolute Gasteiger partial charge is 0.508 e. The zero-order chi connectivity index (χ0) is 26.2. The van der Waals surface area contributed by atoms with Crippen LogP contribution in [-0.2, 0) is 32.0 Å². The Morgan fingerprint density at radius 1 is 0.944 bits per heavy atom. The molecule has 0 bridgehead atoms. The van der Waals surface area contributed by atoms with Crippen molar-refractivity contribution in [2.75, 3.05) is 13.1 Å². The van der Waals surface area contributed by atoms with E-state index in [1.54, 1.807) is 24.3 Å². The Hall–Kier alpha value is -4.12. The quantitative estimate of drug-likeness (QED) is 0.262. The van der Waals surface area contributed by atoms with Crippen LogP contribution < -0.4 is 16.4 Å². The number of rotatable bonds is 10. The molecule has 0 spiro atoms. The van der Waals surface area contributed by atoms with Gasteiger partial charge in [0.25, 0.3) is 0 Å². The van der Waals surface area contributed by atoms with E-state index in [9.17, 15) is 29.4 Å². The van der Waals surface area contributed by atoms with Crippen molar-refractivity contribution in [1.29, 1.82) is 0 Å². The maximum Gasteiger partial charge on any atom is 0.322 e. The zero-order valence-electron chi connectivity index (χ0n) is 19.6. The molecular formula is C25H30N4O7. The number of hydrogen-bond donors (Lipinski definition) is 6. The molecule has 1 aliphatic heterocycles. The number of phenolic OH excluding ortho intramolecular Hbond substituents is 2. The summed E-state index contributed by atoms with van der Waals surface area (Å²) in [6.07, 6.45) is 1.20. The predicted octanol–water partition coefficient (Wildman–Crippen LogP) is -0.113. The number of carbonyl (C=O) groups excluding carboxylic acids is 3. The number of hydrogen-bond acceptors (Lipinski definition) is 7. The highest BCUT2D eigenvalue weighted by atomic mass is 16.4. The smallest absolute Gasteiger partial charge is 0.322 e. The maximum absolute atomic E-state index is 13.5. The van der Waals surface area contributed by atoms with Gasteiger partial charge in [-0.1, -0.05) is 24.3 Å². The third-order valence-corrected chi connectivity index (χ3v) is 5.97. The molecule has 0 aliphatic carbocycles. The Kier molecular flexibility index (Phi) is 8.85. The van der Waals surface area contributed by atoms with Crippen molar-refractivity contribution in [1.82, 2.24) is 15.5 Å². The molecule has 1 heterocycles. The summed E-state index contributed by atoms with van der Waals surface area (Å²) in [5.41, 5.74) is 7.49. The summed E-state index contributed by atoms with van der Waals surface area (Å²) in [6, 6.07) is 9.58. The van der Waals surface area contributed by atoms with Crippen LogP contribution in [-0.4, -0.2) is 75.1 Å². The topological polar surface area (TPSA) is 182 Å². The Morgan fingerprint density at radius 3 is 2.06 bits per heavy atom. The monoisotopic (exact) mass is 498 g/mol. The Morgan fingerprint density at radius 2 is 1.50 bits per heavy atom. The number of phenols is 2. The number of benzene rings is 2. The van der Waals surface area contributed by atoms with E-state index in [1.165, 1.54) is 29.2 Å². The van der Waals surface area contributed by atoms with Crippen molar-refractivity contribution in [3.05, 3.63) is 59.7 Å². The average Bonchev–Trinajstić information content (AvgIpc) is 3.34. The second kappa shape index (κ2) is 12.0. The molecule has 1 fully saturated rings. The number of aromatic hydroxyl groups is 2. The van der Waals surface area contributed by atoms with E-state index in [0.717, 1.165) is 5.56 Å². The molecule has 11 heteroatoms. The van der Waals surface area contributed by atoms with Gasteiger partial charge in [-0.15, -0.1) is 0 Å². The molecule has 36 heavy (non-hydrogen) atoms. The van der Waals surface area contributed by atoms with Gasteiger partial charge in [0.05, 0.1) is 6.04 Å². The minimum Gasteiger partial charge on any atom is -0.508 e. The molecule has 11 nitrogen and oxygen atoms in total. The first-order valence-electron chi connectivity index (χ1n) is 11.6. The number of carboxylic acids is 1. The fourth-order valence-corrected chi connectivity index (χ4v) is 4.11. The number of nitrogens with two attached hydrogens (primary N) is 1. The van der Waals surface area contributed by atoms with E-state index in [0.29, 0.717) is 18.4 Å². The fraction of sp³-hybridized carbons (Fsp3) is 0.360. The van der Waals surface area contributed by atoms with Crippen molar-refractivity contribution < 1.29 is 34.5 Å². The molecular weight excluding hydrogens is 468 g/mol. The second-order valence-electron chi connectivity index (χ2n) is 8.71. The summed E-state index contributed by atoms with van der Waals surface area (Å²) >= 11 is 0. The van der Waals surface area contributed by atoms with Gasteiger partial charge in [-0.2, -0.15) is 0 Å². The van der Waals surface area contributed by atoms with Crippen molar-refractivity contribution >= 4 is 23.7 Å². The molecule has 3 atom stereocenters. The lowest BCUT2D eigenvalue weighted by Gasteiger charge is -2.29. The highest BCUT2D eigenvalue weighted by molar-refractivity contribution is 5.94. The van der Waals surface area contributed by atoms with Crippen molar-refractivity contribution in [2.45, 2.75) is 43.8 Å². The number of amides is 3. The first-order valence-corrected chi connectivity index (χ1v) is 11.6. The van der Waals surface area contributed by atoms with Gasteiger partial charge < -0.3 is 36.6 Å². The molecule has 0 aromatic heterocycles. The van der Waals surface area contributed by atoms with E-state index < -0.39 is 48.4 Å². The number of nitrogens with one attached hydrogen (secondary N) is 2. The van der Waals surface area contributed by atoms with Crippen molar-refractivity contribution in [3.63, 3.8) is 0 Å². The third kappa shape index (κ3) is 7.19. The summed E-state index contributed by atoms with van der Waals surface area (Å²) in [5, 5.41) is 32.9. The molecule has 192 valence electrons. The van der Waals surface area contributed by atoms with Crippen LogP contribution in [0.4, 0.5) is 0 Å². The van der Waals surface area contributed by atoms with E-state index in [2.05, 4.69) is 10.6 Å². The third-order valence-electron chi connectivity index (χ3n) is 5.97. The van der Waals surface area contributed by atoms with Gasteiger partial charge in [0.15, 0.2) is 0 Å². The van der Waals surface area contributed by atoms with E-state index in [-0.39, 0.29) is 30.9 Å². The van der Waals surface area contributed by atoms with Gasteiger partial charge in [0.1, 0.15) is 30.1 Å². The van der Waals surface area contributed by atoms with Gasteiger partial charge in [-0.05, 0) is 54.7 Å². The van der Waals surface area contributed by atoms with Crippen LogP contribution in [0.25, 0.3) is 0 Å². The Labute approximate surface area is 207 Å². The first-order chi connectivity index (χ1) is 17.1. The standard InChI is InChI=1S/C25H30N4O7/c26-19(12-15-3-7-17(30)8-4-15)23(34)28-20(13-16-5-9-18(31)10-6-16)25(36)29-11-1-2-21(29)24(35)27-14-22(32)33/h3-10,19-21,30-31H,1-2,11-14,26H2,(H,27,35)(H,28,34)(H,32,33).